The van der Waals surface area contributed by atoms with E-state index in [9.17, 15) is 9.90 Å². The molecule has 1 aromatic carbocycles. The zero-order valence-electron chi connectivity index (χ0n) is 19.5. The van der Waals surface area contributed by atoms with Crippen molar-refractivity contribution in [2.45, 2.75) is 0 Å². The number of carboxylic acids is 1. The molecule has 0 aliphatic carbocycles. The Balaban J connectivity index is 0.000000792. The Labute approximate surface area is 190 Å². The van der Waals surface area contributed by atoms with Crippen molar-refractivity contribution < 1.29 is 48.3 Å². The second-order valence-electron chi connectivity index (χ2n) is 6.62. The maximum atomic E-state index is 10.7. The third kappa shape index (κ3) is 17.8. The Kier molecular flexibility index (Phi) is 21.2. The fourth-order valence-electron chi connectivity index (χ4n) is 2.40. The van der Waals surface area contributed by atoms with E-state index in [0.29, 0.717) is 39.6 Å². The van der Waals surface area contributed by atoms with E-state index in [1.54, 1.807) is 21.3 Å². The van der Waals surface area contributed by atoms with Gasteiger partial charge in [0.2, 0.25) is 0 Å². The zero-order valence-corrected chi connectivity index (χ0v) is 19.5. The minimum atomic E-state index is -1.18. The first-order chi connectivity index (χ1) is 15.6. The summed E-state index contributed by atoms with van der Waals surface area (Å²) in [6, 6.07) is 5.54. The highest BCUT2D eigenvalue weighted by atomic mass is 16.5. The minimum Gasteiger partial charge on any atom is -0.872 e. The Morgan fingerprint density at radius 2 is 1.16 bits per heavy atom. The van der Waals surface area contributed by atoms with Crippen LogP contribution in [0.3, 0.4) is 0 Å². The van der Waals surface area contributed by atoms with Crippen molar-refractivity contribution in [1.82, 2.24) is 0 Å². The summed E-state index contributed by atoms with van der Waals surface area (Å²) in [5, 5.41) is 19.0. The molecule has 10 heteroatoms. The third-order valence-electron chi connectivity index (χ3n) is 4.21. The van der Waals surface area contributed by atoms with Gasteiger partial charge < -0.3 is 43.5 Å². The van der Waals surface area contributed by atoms with Gasteiger partial charge in [0.25, 0.3) is 0 Å². The summed E-state index contributed by atoms with van der Waals surface area (Å²) in [4.78, 5) is 11.6. The van der Waals surface area contributed by atoms with Crippen LogP contribution in [0.4, 0.5) is 0 Å². The average Bonchev–Trinajstić information content (AvgIpc) is 2.78. The number of aromatic carboxylic acids is 1. The molecule has 0 aromatic heterocycles. The quantitative estimate of drug-likeness (QED) is 0.258. The number of carbonyl (C=O) groups is 1. The summed E-state index contributed by atoms with van der Waals surface area (Å²) in [6.45, 7) is 8.77. The number of quaternary nitrogens is 1. The maximum absolute atomic E-state index is 10.7. The summed E-state index contributed by atoms with van der Waals surface area (Å²) in [5.74, 6) is -1.62. The first kappa shape index (κ1) is 30.2. The topological polar surface area (TPSA) is 120 Å². The highest BCUT2D eigenvalue weighted by Crippen LogP contribution is 2.10. The van der Waals surface area contributed by atoms with Crippen molar-refractivity contribution in [3.05, 3.63) is 29.8 Å². The summed E-state index contributed by atoms with van der Waals surface area (Å²) in [7, 11) is 5.03. The van der Waals surface area contributed by atoms with Crippen LogP contribution in [0, 0.1) is 0 Å². The molecule has 0 saturated carbocycles. The summed E-state index contributed by atoms with van der Waals surface area (Å²) >= 11 is 0. The van der Waals surface area contributed by atoms with E-state index in [4.69, 9.17) is 33.5 Å². The molecule has 0 atom stereocenters. The van der Waals surface area contributed by atoms with Crippen molar-refractivity contribution in [2.75, 3.05) is 100 Å². The van der Waals surface area contributed by atoms with Crippen LogP contribution in [0.5, 0.6) is 5.75 Å². The SMILES string of the molecule is COCCOCC[NH+](CCOCCOC)CCOCCOC.O=C(O)c1ccccc1[O-]. The molecule has 0 amide bonds. The lowest BCUT2D eigenvalue weighted by molar-refractivity contribution is -0.901. The number of hydrogen-bond donors (Lipinski definition) is 2. The minimum absolute atomic E-state index is 0.178. The lowest BCUT2D eigenvalue weighted by Crippen LogP contribution is -3.13. The molecule has 0 heterocycles. The molecule has 0 bridgehead atoms. The van der Waals surface area contributed by atoms with Crippen LogP contribution in [-0.2, 0) is 28.4 Å². The van der Waals surface area contributed by atoms with Gasteiger partial charge in [0, 0.05) is 21.3 Å². The Hall–Kier alpha value is -1.79. The van der Waals surface area contributed by atoms with Gasteiger partial charge in [-0.25, -0.2) is 4.79 Å². The Morgan fingerprint density at radius 3 is 1.47 bits per heavy atom. The molecule has 2 N–H and O–H groups in total. The number of rotatable bonds is 19. The van der Waals surface area contributed by atoms with Gasteiger partial charge in [0.15, 0.2) is 0 Å². The van der Waals surface area contributed by atoms with Crippen molar-refractivity contribution in [2.24, 2.45) is 0 Å². The molecular formula is C22H39NO9. The first-order valence-corrected chi connectivity index (χ1v) is 10.6. The molecule has 0 unspecified atom stereocenters. The Bertz CT molecular complexity index is 527. The number of ether oxygens (including phenoxy) is 6. The molecule has 0 saturated heterocycles. The van der Waals surface area contributed by atoms with E-state index >= 15 is 0 Å². The number of benzene rings is 1. The summed E-state index contributed by atoms with van der Waals surface area (Å²) < 4.78 is 31.5. The Morgan fingerprint density at radius 1 is 0.750 bits per heavy atom. The van der Waals surface area contributed by atoms with Crippen molar-refractivity contribution in [3.63, 3.8) is 0 Å². The maximum Gasteiger partial charge on any atom is 0.335 e. The molecule has 1 rings (SSSR count). The monoisotopic (exact) mass is 461 g/mol. The average molecular weight is 462 g/mol. The number of hydrogen-bond acceptors (Lipinski definition) is 8. The fraction of sp³-hybridized carbons (Fsp3) is 0.682. The van der Waals surface area contributed by atoms with Crippen LogP contribution in [-0.4, -0.2) is 112 Å². The molecular weight excluding hydrogens is 422 g/mol. The third-order valence-corrected chi connectivity index (χ3v) is 4.21. The van der Waals surface area contributed by atoms with E-state index in [1.807, 2.05) is 0 Å². The van der Waals surface area contributed by atoms with E-state index in [0.717, 1.165) is 39.5 Å². The highest BCUT2D eigenvalue weighted by Gasteiger charge is 2.08. The number of carboxylic acid groups (broad SMARTS) is 1. The van der Waals surface area contributed by atoms with Crippen LogP contribution >= 0.6 is 0 Å². The predicted molar refractivity (Wildman–Crippen MR) is 116 cm³/mol. The van der Waals surface area contributed by atoms with E-state index in [2.05, 4.69) is 0 Å². The number of methoxy groups -OCH3 is 3. The molecule has 1 aromatic rings. The van der Waals surface area contributed by atoms with E-state index in [-0.39, 0.29) is 5.56 Å². The van der Waals surface area contributed by atoms with Gasteiger partial charge in [0.1, 0.15) is 19.6 Å². The fourth-order valence-corrected chi connectivity index (χ4v) is 2.40. The highest BCUT2D eigenvalue weighted by molar-refractivity contribution is 5.90. The molecule has 0 radical (unpaired) electrons. The molecule has 0 aliphatic rings. The van der Waals surface area contributed by atoms with Crippen molar-refractivity contribution in [1.29, 1.82) is 0 Å². The second-order valence-corrected chi connectivity index (χ2v) is 6.62. The van der Waals surface area contributed by atoms with Gasteiger partial charge in [-0.1, -0.05) is 23.9 Å². The van der Waals surface area contributed by atoms with Gasteiger partial charge in [-0.15, -0.1) is 0 Å². The van der Waals surface area contributed by atoms with Crippen molar-refractivity contribution >= 4 is 5.97 Å². The summed E-state index contributed by atoms with van der Waals surface area (Å²) in [6.07, 6.45) is 0. The molecule has 32 heavy (non-hydrogen) atoms. The molecule has 186 valence electrons. The standard InChI is InChI=1S/C15H33NO6.C7H6O3/c1-17-10-13-20-7-4-16(5-8-21-14-11-18-2)6-9-22-15-12-19-3;8-6-4-2-1-3-5(6)7(9)10/h4-15H2,1-3H3;1-4,8H,(H,9,10). The van der Waals surface area contributed by atoms with Crippen molar-refractivity contribution in [3.8, 4) is 5.75 Å². The van der Waals surface area contributed by atoms with Gasteiger partial charge in [-0.3, -0.25) is 0 Å². The van der Waals surface area contributed by atoms with Crippen LogP contribution in [0.15, 0.2) is 24.3 Å². The molecule has 0 fully saturated rings. The zero-order chi connectivity index (χ0) is 23.9. The lowest BCUT2D eigenvalue weighted by atomic mass is 10.2. The normalized spacial score (nSPS) is 10.8. The van der Waals surface area contributed by atoms with Gasteiger partial charge >= 0.3 is 5.97 Å². The second kappa shape index (κ2) is 22.4. The van der Waals surface area contributed by atoms with E-state index < -0.39 is 11.7 Å². The van der Waals surface area contributed by atoms with Gasteiger partial charge in [0.05, 0.1) is 65.0 Å². The van der Waals surface area contributed by atoms with Gasteiger partial charge in [-0.2, -0.15) is 0 Å². The number of nitrogens with one attached hydrogen (secondary N) is 1. The molecule has 0 aliphatic heterocycles. The first-order valence-electron chi connectivity index (χ1n) is 10.6. The van der Waals surface area contributed by atoms with Crippen LogP contribution in [0.2, 0.25) is 0 Å². The molecule has 0 spiro atoms. The number of para-hydroxylation sites is 1. The van der Waals surface area contributed by atoms with Crippen LogP contribution < -0.4 is 10.0 Å². The summed E-state index contributed by atoms with van der Waals surface area (Å²) in [5.41, 5.74) is -0.178. The lowest BCUT2D eigenvalue weighted by Gasteiger charge is -2.19. The molecule has 10 nitrogen and oxygen atoms in total. The predicted octanol–water partition coefficient (Wildman–Crippen LogP) is -0.681. The van der Waals surface area contributed by atoms with Crippen LogP contribution in [0.25, 0.3) is 0 Å². The van der Waals surface area contributed by atoms with E-state index in [1.165, 1.54) is 29.2 Å². The van der Waals surface area contributed by atoms with Gasteiger partial charge in [-0.05, 0) is 6.07 Å². The largest absolute Gasteiger partial charge is 0.872 e. The van der Waals surface area contributed by atoms with Crippen LogP contribution in [0.1, 0.15) is 10.4 Å². The smallest absolute Gasteiger partial charge is 0.335 e.